The summed E-state index contributed by atoms with van der Waals surface area (Å²) < 4.78 is 19.3. The van der Waals surface area contributed by atoms with E-state index in [2.05, 4.69) is 44.0 Å². The largest absolute Gasteiger partial charge is 0.508 e. The summed E-state index contributed by atoms with van der Waals surface area (Å²) in [6.45, 7) is -0.216. The van der Waals surface area contributed by atoms with E-state index in [1.54, 1.807) is 18.2 Å². The molecule has 1 aromatic heterocycles. The van der Waals surface area contributed by atoms with Crippen LogP contribution in [0.1, 0.15) is 65.8 Å². The summed E-state index contributed by atoms with van der Waals surface area (Å²) in [5, 5.41) is 5.18. The third-order valence-electron chi connectivity index (χ3n) is 7.84. The first-order valence-corrected chi connectivity index (χ1v) is 14.9. The number of anilines is 1. The first-order chi connectivity index (χ1) is 21.4. The number of rotatable bonds is 9. The average molecular weight is 600 g/mol. The molecule has 1 fully saturated rings. The molecule has 4 aromatic rings. The van der Waals surface area contributed by atoms with E-state index in [0.717, 1.165) is 41.3 Å². The summed E-state index contributed by atoms with van der Waals surface area (Å²) in [5.41, 5.74) is 3.59. The number of hydrogen-bond donors (Lipinski definition) is 2. The molecule has 230 valence electrons. The quantitative estimate of drug-likeness (QED) is 0.149. The van der Waals surface area contributed by atoms with Gasteiger partial charge in [-0.15, -0.1) is 0 Å². The third-order valence-corrected chi connectivity index (χ3v) is 7.84. The second-order valence-corrected chi connectivity index (χ2v) is 11.0. The monoisotopic (exact) mass is 599 g/mol. The Morgan fingerprint density at radius 2 is 1.45 bits per heavy atom. The summed E-state index contributed by atoms with van der Waals surface area (Å²) in [6, 6.07) is 19.3. The number of aromatic nitrogens is 2. The molecule has 44 heavy (non-hydrogen) atoms. The van der Waals surface area contributed by atoms with Crippen LogP contribution in [0.25, 0.3) is 22.2 Å². The molecule has 0 spiro atoms. The first-order valence-electron chi connectivity index (χ1n) is 14.9. The van der Waals surface area contributed by atoms with Gasteiger partial charge in [0.15, 0.2) is 0 Å². The Kier molecular flexibility index (Phi) is 10.1. The fourth-order valence-electron chi connectivity index (χ4n) is 5.67. The normalized spacial score (nSPS) is 13.6. The molecule has 0 unspecified atom stereocenters. The number of benzene rings is 3. The number of H-pyrrole nitrogens is 1. The van der Waals surface area contributed by atoms with E-state index in [1.807, 2.05) is 18.2 Å². The van der Waals surface area contributed by atoms with Crippen molar-refractivity contribution in [1.82, 2.24) is 9.97 Å². The van der Waals surface area contributed by atoms with Crippen molar-refractivity contribution in [3.63, 3.8) is 0 Å². The van der Waals surface area contributed by atoms with E-state index >= 15 is 0 Å². The van der Waals surface area contributed by atoms with Crippen molar-refractivity contribution in [3.8, 4) is 11.4 Å². The average Bonchev–Trinajstić information content (AvgIpc) is 3.29. The molecule has 1 aliphatic carbocycles. The molecular formula is C34H37N3O7. The fraction of sp³-hybridized carbons (Fsp3) is 0.353. The number of aromatic amines is 1. The lowest BCUT2D eigenvalue weighted by Crippen LogP contribution is -2.17. The van der Waals surface area contributed by atoms with Crippen LogP contribution in [0.2, 0.25) is 0 Å². The molecule has 0 saturated heterocycles. The number of amides is 1. The van der Waals surface area contributed by atoms with Gasteiger partial charge in [-0.1, -0.05) is 74.9 Å². The molecule has 0 bridgehead atoms. The smallest absolute Gasteiger partial charge is 0.438 e. The van der Waals surface area contributed by atoms with Gasteiger partial charge in [0.1, 0.15) is 24.7 Å². The van der Waals surface area contributed by atoms with Gasteiger partial charge in [0.25, 0.3) is 5.91 Å². The van der Waals surface area contributed by atoms with Crippen LogP contribution in [-0.2, 0) is 38.6 Å². The third kappa shape index (κ3) is 7.94. The number of carbonyl (C=O) groups excluding carboxylic acids is 3. The Morgan fingerprint density at radius 1 is 0.818 bits per heavy atom. The maximum Gasteiger partial charge on any atom is 0.508 e. The number of fused-ring (bicyclic) bond motifs is 1. The molecule has 3 aromatic carbocycles. The Hall–Kier alpha value is -4.86. The maximum atomic E-state index is 13.8. The van der Waals surface area contributed by atoms with Crippen LogP contribution >= 0.6 is 0 Å². The lowest BCUT2D eigenvalue weighted by Gasteiger charge is -2.14. The number of ether oxygens (including phenoxy) is 4. The van der Waals surface area contributed by atoms with Crippen molar-refractivity contribution in [2.45, 2.75) is 58.2 Å². The second-order valence-electron chi connectivity index (χ2n) is 11.0. The van der Waals surface area contributed by atoms with E-state index in [-0.39, 0.29) is 19.1 Å². The highest BCUT2D eigenvalue weighted by atomic mass is 16.7. The molecule has 1 heterocycles. The van der Waals surface area contributed by atoms with Crippen LogP contribution in [-0.4, -0.2) is 42.4 Å². The number of methoxy groups -OCH3 is 2. The number of carbonyl (C=O) groups is 3. The van der Waals surface area contributed by atoms with Crippen LogP contribution in [0, 0.1) is 5.92 Å². The highest BCUT2D eigenvalue weighted by Crippen LogP contribution is 2.30. The van der Waals surface area contributed by atoms with Crippen LogP contribution in [0.3, 0.4) is 0 Å². The van der Waals surface area contributed by atoms with Crippen LogP contribution in [0.15, 0.2) is 60.7 Å². The Labute approximate surface area is 256 Å². The van der Waals surface area contributed by atoms with Crippen molar-refractivity contribution >= 4 is 34.7 Å². The zero-order valence-electron chi connectivity index (χ0n) is 25.0. The van der Waals surface area contributed by atoms with Crippen molar-refractivity contribution in [2.75, 3.05) is 19.5 Å². The highest BCUT2D eigenvalue weighted by molar-refractivity contribution is 6.04. The zero-order valence-corrected chi connectivity index (χ0v) is 25.0. The van der Waals surface area contributed by atoms with Gasteiger partial charge in [0.2, 0.25) is 0 Å². The van der Waals surface area contributed by atoms with E-state index in [9.17, 15) is 14.4 Å². The summed E-state index contributed by atoms with van der Waals surface area (Å²) in [4.78, 5) is 45.3. The van der Waals surface area contributed by atoms with Crippen LogP contribution < -0.4 is 5.32 Å². The van der Waals surface area contributed by atoms with Gasteiger partial charge in [-0.25, -0.2) is 14.6 Å². The highest BCUT2D eigenvalue weighted by Gasteiger charge is 2.23. The van der Waals surface area contributed by atoms with E-state index in [4.69, 9.17) is 14.5 Å². The topological polar surface area (TPSA) is 129 Å². The van der Waals surface area contributed by atoms with Crippen molar-refractivity contribution in [2.24, 2.45) is 5.92 Å². The number of nitrogens with zero attached hydrogens (tertiary/aromatic N) is 1. The molecule has 1 saturated carbocycles. The summed E-state index contributed by atoms with van der Waals surface area (Å²) in [7, 11) is 2.44. The summed E-state index contributed by atoms with van der Waals surface area (Å²) in [6.07, 6.45) is 6.16. The number of imidazole rings is 1. The van der Waals surface area contributed by atoms with Gasteiger partial charge in [0.05, 0.1) is 14.2 Å². The fourth-order valence-corrected chi connectivity index (χ4v) is 5.67. The molecule has 1 amide bonds. The lowest BCUT2D eigenvalue weighted by atomic mass is 9.94. The molecule has 10 nitrogen and oxygen atoms in total. The molecule has 10 heteroatoms. The number of hydrogen-bond acceptors (Lipinski definition) is 8. The molecule has 5 rings (SSSR count). The Balaban J connectivity index is 1.45. The molecule has 1 aliphatic rings. The lowest BCUT2D eigenvalue weighted by molar-refractivity contribution is 0.0662. The minimum absolute atomic E-state index is 0.108. The minimum Gasteiger partial charge on any atom is -0.438 e. The Morgan fingerprint density at radius 3 is 2.09 bits per heavy atom. The van der Waals surface area contributed by atoms with Crippen LogP contribution in [0.4, 0.5) is 15.3 Å². The van der Waals surface area contributed by atoms with E-state index in [0.29, 0.717) is 34.3 Å². The summed E-state index contributed by atoms with van der Waals surface area (Å²) in [5.74, 6) is 0.731. The van der Waals surface area contributed by atoms with Gasteiger partial charge in [-0.2, -0.15) is 0 Å². The molecule has 0 aliphatic heterocycles. The molecular weight excluding hydrogens is 562 g/mol. The van der Waals surface area contributed by atoms with Gasteiger partial charge in [-0.05, 0) is 58.5 Å². The van der Waals surface area contributed by atoms with Crippen molar-refractivity contribution in [1.29, 1.82) is 0 Å². The van der Waals surface area contributed by atoms with Crippen LogP contribution in [0.5, 0.6) is 0 Å². The summed E-state index contributed by atoms with van der Waals surface area (Å²) >= 11 is 0. The minimum atomic E-state index is -0.840. The standard InChI is InChI=1S/C34H37N3O7/c1-41-33(39)43-20-23-15-24(21-44-34(40)42-2)17-28(16-23)35-32(38)30-29(18-22-9-5-3-4-6-10-22)36-31(37-30)27-14-13-25-11-7-8-12-26(25)19-27/h7-8,11-17,19,22H,3-6,9-10,18,20-21H2,1-2H3,(H,35,38)(H,36,37). The van der Waals surface area contributed by atoms with E-state index < -0.39 is 12.3 Å². The molecule has 0 radical (unpaired) electrons. The van der Waals surface area contributed by atoms with Gasteiger partial charge in [0, 0.05) is 16.9 Å². The van der Waals surface area contributed by atoms with Crippen molar-refractivity contribution < 1.29 is 33.3 Å². The first kappa shape index (κ1) is 30.6. The number of nitrogens with one attached hydrogen (secondary N) is 2. The Bertz CT molecular complexity index is 1580. The van der Waals surface area contributed by atoms with Gasteiger partial charge in [-0.3, -0.25) is 4.79 Å². The van der Waals surface area contributed by atoms with Crippen molar-refractivity contribution in [3.05, 3.63) is 83.2 Å². The molecule has 0 atom stereocenters. The SMILES string of the molecule is COC(=O)OCc1cc(COC(=O)OC)cc(NC(=O)c2nc(-c3ccc4ccccc4c3)[nH]c2CC2CCCCCC2)c1. The predicted octanol–water partition coefficient (Wildman–Crippen LogP) is 7.56. The predicted molar refractivity (Wildman–Crippen MR) is 165 cm³/mol. The van der Waals surface area contributed by atoms with Gasteiger partial charge >= 0.3 is 12.3 Å². The zero-order chi connectivity index (χ0) is 30.9. The second kappa shape index (κ2) is 14.5. The maximum absolute atomic E-state index is 13.8. The van der Waals surface area contributed by atoms with E-state index in [1.165, 1.54) is 39.9 Å². The van der Waals surface area contributed by atoms with Gasteiger partial charge < -0.3 is 29.2 Å². The molecule has 2 N–H and O–H groups in total.